The summed E-state index contributed by atoms with van der Waals surface area (Å²) in [5.41, 5.74) is -0.474. The van der Waals surface area contributed by atoms with Gasteiger partial charge in [-0.05, 0) is 59.0 Å². The van der Waals surface area contributed by atoms with Crippen LogP contribution in [0.5, 0.6) is 0 Å². The second-order valence-corrected chi connectivity index (χ2v) is 8.60. The lowest BCUT2D eigenvalue weighted by Gasteiger charge is -2.36. The van der Waals surface area contributed by atoms with E-state index in [9.17, 15) is 9.59 Å². The highest BCUT2D eigenvalue weighted by Crippen LogP contribution is 2.22. The molecule has 1 N–H and O–H groups in total. The van der Waals surface area contributed by atoms with Gasteiger partial charge in [-0.1, -0.05) is 39.0 Å². The Morgan fingerprint density at radius 2 is 1.74 bits per heavy atom. The average molecular weight is 385 g/mol. The van der Waals surface area contributed by atoms with Crippen molar-refractivity contribution in [3.63, 3.8) is 0 Å². The molecular formula is C21H40N2O4. The molecule has 0 bridgehead atoms. The summed E-state index contributed by atoms with van der Waals surface area (Å²) >= 11 is 0. The van der Waals surface area contributed by atoms with Gasteiger partial charge in [0.1, 0.15) is 11.6 Å². The van der Waals surface area contributed by atoms with E-state index in [1.165, 1.54) is 32.8 Å². The summed E-state index contributed by atoms with van der Waals surface area (Å²) in [5.74, 6) is 0.312. The van der Waals surface area contributed by atoms with Gasteiger partial charge in [0, 0.05) is 6.54 Å². The third-order valence-corrected chi connectivity index (χ3v) is 5.08. The van der Waals surface area contributed by atoms with Crippen LogP contribution in [0.4, 0.5) is 4.79 Å². The number of ether oxygens (including phenoxy) is 2. The summed E-state index contributed by atoms with van der Waals surface area (Å²) in [7, 11) is 1.48. The molecule has 1 amide bonds. The summed E-state index contributed by atoms with van der Waals surface area (Å²) in [6.07, 6.45) is 8.43. The summed E-state index contributed by atoms with van der Waals surface area (Å²) in [6.45, 7) is 10.2. The van der Waals surface area contributed by atoms with Crippen LogP contribution in [0.2, 0.25) is 0 Å². The standard InChI is InChI=1S/C21H40N2O4/c1-6-7-8-9-10-11-18(19(24)26-5)23-14-12-17(13-15-23)16-22-20(25)27-21(2,3)4/h17-18H,6-16H2,1-5H3,(H,22,25). The highest BCUT2D eigenvalue weighted by Gasteiger charge is 2.30. The fourth-order valence-electron chi connectivity index (χ4n) is 3.54. The van der Waals surface area contributed by atoms with Crippen molar-refractivity contribution in [1.29, 1.82) is 0 Å². The van der Waals surface area contributed by atoms with Crippen LogP contribution in [-0.4, -0.2) is 55.3 Å². The molecule has 1 atom stereocenters. The molecule has 0 radical (unpaired) electrons. The number of esters is 1. The lowest BCUT2D eigenvalue weighted by atomic mass is 9.94. The smallest absolute Gasteiger partial charge is 0.407 e. The van der Waals surface area contributed by atoms with Crippen LogP contribution in [0.1, 0.15) is 79.1 Å². The highest BCUT2D eigenvalue weighted by molar-refractivity contribution is 5.75. The summed E-state index contributed by atoms with van der Waals surface area (Å²) in [6, 6.07) is -0.128. The third kappa shape index (κ3) is 9.99. The van der Waals surface area contributed by atoms with Gasteiger partial charge in [-0.25, -0.2) is 4.79 Å². The minimum Gasteiger partial charge on any atom is -0.468 e. The van der Waals surface area contributed by atoms with Gasteiger partial charge in [-0.2, -0.15) is 0 Å². The number of likely N-dealkylation sites (tertiary alicyclic amines) is 1. The summed E-state index contributed by atoms with van der Waals surface area (Å²) in [4.78, 5) is 26.3. The fraction of sp³-hybridized carbons (Fsp3) is 0.905. The first-order valence-corrected chi connectivity index (χ1v) is 10.6. The van der Waals surface area contributed by atoms with E-state index < -0.39 is 5.60 Å². The summed E-state index contributed by atoms with van der Waals surface area (Å²) < 4.78 is 10.3. The van der Waals surface area contributed by atoms with Gasteiger partial charge in [0.05, 0.1) is 7.11 Å². The molecule has 1 fully saturated rings. The van der Waals surface area contributed by atoms with E-state index >= 15 is 0 Å². The maximum atomic E-state index is 12.2. The molecule has 0 aromatic heterocycles. The lowest BCUT2D eigenvalue weighted by molar-refractivity contribution is -0.148. The Morgan fingerprint density at radius 1 is 1.11 bits per heavy atom. The zero-order valence-electron chi connectivity index (χ0n) is 18.0. The van der Waals surface area contributed by atoms with Gasteiger partial charge >= 0.3 is 12.1 Å². The predicted octanol–water partition coefficient (Wildman–Crippen LogP) is 4.13. The van der Waals surface area contributed by atoms with Crippen LogP contribution in [0.15, 0.2) is 0 Å². The summed E-state index contributed by atoms with van der Waals surface area (Å²) in [5, 5.41) is 2.87. The van der Waals surface area contributed by atoms with Crippen molar-refractivity contribution in [2.75, 3.05) is 26.7 Å². The Labute approximate surface area is 165 Å². The number of hydrogen-bond acceptors (Lipinski definition) is 5. The number of unbranched alkanes of at least 4 members (excludes halogenated alkanes) is 4. The average Bonchev–Trinajstić information content (AvgIpc) is 2.61. The van der Waals surface area contributed by atoms with Gasteiger partial charge in [-0.3, -0.25) is 9.69 Å². The van der Waals surface area contributed by atoms with Crippen molar-refractivity contribution in [2.45, 2.75) is 90.7 Å². The number of piperidine rings is 1. The number of alkyl carbamates (subject to hydrolysis) is 1. The second-order valence-electron chi connectivity index (χ2n) is 8.60. The minimum absolute atomic E-state index is 0.115. The number of carbonyl (C=O) groups is 2. The highest BCUT2D eigenvalue weighted by atomic mass is 16.6. The van der Waals surface area contributed by atoms with Crippen LogP contribution >= 0.6 is 0 Å². The Kier molecular flexibility index (Phi) is 10.7. The molecule has 27 heavy (non-hydrogen) atoms. The molecular weight excluding hydrogens is 344 g/mol. The maximum Gasteiger partial charge on any atom is 0.407 e. The molecule has 1 unspecified atom stereocenters. The van der Waals surface area contributed by atoms with E-state index in [1.54, 1.807) is 0 Å². The minimum atomic E-state index is -0.474. The fourth-order valence-corrected chi connectivity index (χ4v) is 3.54. The largest absolute Gasteiger partial charge is 0.468 e. The molecule has 6 nitrogen and oxygen atoms in total. The van der Waals surface area contributed by atoms with Crippen molar-refractivity contribution in [1.82, 2.24) is 10.2 Å². The van der Waals surface area contributed by atoms with E-state index in [0.29, 0.717) is 12.5 Å². The van der Waals surface area contributed by atoms with Crippen molar-refractivity contribution in [2.24, 2.45) is 5.92 Å². The van der Waals surface area contributed by atoms with E-state index in [2.05, 4.69) is 17.1 Å². The monoisotopic (exact) mass is 384 g/mol. The van der Waals surface area contributed by atoms with E-state index in [4.69, 9.17) is 9.47 Å². The second kappa shape index (κ2) is 12.2. The lowest BCUT2D eigenvalue weighted by Crippen LogP contribution is -2.47. The number of methoxy groups -OCH3 is 1. The number of carbonyl (C=O) groups excluding carboxylic acids is 2. The molecule has 1 heterocycles. The first-order chi connectivity index (χ1) is 12.8. The Balaban J connectivity index is 2.37. The van der Waals surface area contributed by atoms with Gasteiger partial charge < -0.3 is 14.8 Å². The Hall–Kier alpha value is -1.30. The van der Waals surface area contributed by atoms with Crippen LogP contribution in [0.25, 0.3) is 0 Å². The molecule has 0 aromatic carbocycles. The normalized spacial score (nSPS) is 17.4. The van der Waals surface area contributed by atoms with Crippen LogP contribution < -0.4 is 5.32 Å². The zero-order valence-corrected chi connectivity index (χ0v) is 18.0. The molecule has 0 spiro atoms. The first-order valence-electron chi connectivity index (χ1n) is 10.6. The molecule has 1 aliphatic rings. The quantitative estimate of drug-likeness (QED) is 0.453. The van der Waals surface area contributed by atoms with Gasteiger partial charge in [0.15, 0.2) is 0 Å². The van der Waals surface area contributed by atoms with E-state index in [-0.39, 0.29) is 18.1 Å². The van der Waals surface area contributed by atoms with Crippen molar-refractivity contribution in [3.05, 3.63) is 0 Å². The van der Waals surface area contributed by atoms with Crippen molar-refractivity contribution >= 4 is 12.1 Å². The molecule has 0 saturated carbocycles. The van der Waals surface area contributed by atoms with Crippen molar-refractivity contribution < 1.29 is 19.1 Å². The molecule has 158 valence electrons. The molecule has 1 rings (SSSR count). The number of rotatable bonds is 10. The van der Waals surface area contributed by atoms with Crippen LogP contribution in [0, 0.1) is 5.92 Å². The van der Waals surface area contributed by atoms with Crippen LogP contribution in [-0.2, 0) is 14.3 Å². The van der Waals surface area contributed by atoms with Crippen LogP contribution in [0.3, 0.4) is 0 Å². The number of nitrogens with zero attached hydrogens (tertiary/aromatic N) is 1. The van der Waals surface area contributed by atoms with E-state index in [1.807, 2.05) is 20.8 Å². The molecule has 6 heteroatoms. The first kappa shape index (κ1) is 23.7. The number of hydrogen-bond donors (Lipinski definition) is 1. The Morgan fingerprint density at radius 3 is 2.30 bits per heavy atom. The number of amides is 1. The number of nitrogens with one attached hydrogen (secondary N) is 1. The molecule has 0 aromatic rings. The molecule has 1 saturated heterocycles. The van der Waals surface area contributed by atoms with Gasteiger partial charge in [-0.15, -0.1) is 0 Å². The molecule has 1 aliphatic heterocycles. The maximum absolute atomic E-state index is 12.2. The topological polar surface area (TPSA) is 67.9 Å². The van der Waals surface area contributed by atoms with E-state index in [0.717, 1.165) is 38.8 Å². The predicted molar refractivity (Wildman–Crippen MR) is 108 cm³/mol. The Bertz CT molecular complexity index is 440. The SMILES string of the molecule is CCCCCCCC(C(=O)OC)N1CCC(CNC(=O)OC(C)(C)C)CC1. The van der Waals surface area contributed by atoms with Gasteiger partial charge in [0.2, 0.25) is 0 Å². The van der Waals surface area contributed by atoms with Crippen molar-refractivity contribution in [3.8, 4) is 0 Å². The molecule has 0 aliphatic carbocycles. The zero-order chi connectivity index (χ0) is 20.3. The van der Waals surface area contributed by atoms with Gasteiger partial charge in [0.25, 0.3) is 0 Å². The third-order valence-electron chi connectivity index (χ3n) is 5.08.